The van der Waals surface area contributed by atoms with Gasteiger partial charge in [-0.15, -0.1) is 0 Å². The molecule has 1 aliphatic rings. The molecule has 114 valence electrons. The fourth-order valence-electron chi connectivity index (χ4n) is 3.14. The lowest BCUT2D eigenvalue weighted by molar-refractivity contribution is -0.123. The molecule has 2 unspecified atom stereocenters. The van der Waals surface area contributed by atoms with E-state index in [4.69, 9.17) is 4.74 Å². The van der Waals surface area contributed by atoms with Gasteiger partial charge in [-0.05, 0) is 36.3 Å². The van der Waals surface area contributed by atoms with Crippen LogP contribution in [0.4, 0.5) is 0 Å². The van der Waals surface area contributed by atoms with Gasteiger partial charge in [-0.1, -0.05) is 38.0 Å². The number of carbonyl (C=O) groups excluding carboxylic acids is 2. The van der Waals surface area contributed by atoms with Crippen LogP contribution in [0.25, 0.3) is 0 Å². The molecule has 2 rings (SSSR count). The van der Waals surface area contributed by atoms with Crippen molar-refractivity contribution in [1.29, 1.82) is 0 Å². The molecule has 0 radical (unpaired) electrons. The molecule has 2 atom stereocenters. The zero-order valence-corrected chi connectivity index (χ0v) is 12.7. The summed E-state index contributed by atoms with van der Waals surface area (Å²) in [6.07, 6.45) is 4.68. The van der Waals surface area contributed by atoms with Crippen molar-refractivity contribution in [2.24, 2.45) is 5.92 Å². The van der Waals surface area contributed by atoms with E-state index in [1.165, 1.54) is 20.0 Å². The maximum Gasteiger partial charge on any atom is 0.258 e. The van der Waals surface area contributed by atoms with E-state index >= 15 is 0 Å². The van der Waals surface area contributed by atoms with Gasteiger partial charge in [-0.2, -0.15) is 0 Å². The van der Waals surface area contributed by atoms with Gasteiger partial charge in [0.25, 0.3) is 11.8 Å². The third-order valence-corrected chi connectivity index (χ3v) is 4.11. The first-order valence-electron chi connectivity index (χ1n) is 7.54. The number of hydrogen-bond acceptors (Lipinski definition) is 3. The standard InChI is InChI=1S/C17H23NO3/c1-12-6-5-7-13(10-12)14-8-3-4-9-15(14)17(20)18-16(19)11-21-2/h3-4,8-9,12-13H,5-7,10-11H2,1-2H3,(H,18,19,20). The van der Waals surface area contributed by atoms with E-state index < -0.39 is 5.91 Å². The van der Waals surface area contributed by atoms with Crippen molar-refractivity contribution in [3.8, 4) is 0 Å². The Morgan fingerprint density at radius 2 is 2.05 bits per heavy atom. The quantitative estimate of drug-likeness (QED) is 0.927. The van der Waals surface area contributed by atoms with Crippen LogP contribution in [0.2, 0.25) is 0 Å². The van der Waals surface area contributed by atoms with E-state index in [2.05, 4.69) is 12.2 Å². The highest BCUT2D eigenvalue weighted by molar-refractivity contribution is 6.05. The molecule has 4 nitrogen and oxygen atoms in total. The highest BCUT2D eigenvalue weighted by Gasteiger charge is 2.24. The molecular formula is C17H23NO3. The van der Waals surface area contributed by atoms with Crippen LogP contribution in [0.3, 0.4) is 0 Å². The minimum absolute atomic E-state index is 0.103. The van der Waals surface area contributed by atoms with Gasteiger partial charge in [0, 0.05) is 12.7 Å². The number of methoxy groups -OCH3 is 1. The Kier molecular flexibility index (Phi) is 5.51. The van der Waals surface area contributed by atoms with Crippen molar-refractivity contribution in [2.75, 3.05) is 13.7 Å². The molecule has 1 aromatic carbocycles. The number of carbonyl (C=O) groups is 2. The molecule has 1 saturated carbocycles. The molecule has 1 fully saturated rings. The van der Waals surface area contributed by atoms with Crippen LogP contribution in [0.5, 0.6) is 0 Å². The first-order chi connectivity index (χ1) is 10.1. The van der Waals surface area contributed by atoms with Gasteiger partial charge in [-0.25, -0.2) is 0 Å². The van der Waals surface area contributed by atoms with E-state index in [1.807, 2.05) is 18.2 Å². The molecule has 0 aliphatic heterocycles. The lowest BCUT2D eigenvalue weighted by Gasteiger charge is -2.28. The summed E-state index contributed by atoms with van der Waals surface area (Å²) in [5.74, 6) is 0.364. The number of imide groups is 1. The molecule has 0 spiro atoms. The van der Waals surface area contributed by atoms with Gasteiger partial charge in [-0.3, -0.25) is 14.9 Å². The molecule has 2 amide bonds. The Balaban J connectivity index is 2.16. The largest absolute Gasteiger partial charge is 0.375 e. The molecule has 0 heterocycles. The van der Waals surface area contributed by atoms with Gasteiger partial charge in [0.05, 0.1) is 0 Å². The predicted octanol–water partition coefficient (Wildman–Crippen LogP) is 2.88. The summed E-state index contributed by atoms with van der Waals surface area (Å²) < 4.78 is 4.74. The number of nitrogens with one attached hydrogen (secondary N) is 1. The van der Waals surface area contributed by atoms with Crippen molar-refractivity contribution >= 4 is 11.8 Å². The van der Waals surface area contributed by atoms with Crippen molar-refractivity contribution in [1.82, 2.24) is 5.32 Å². The molecular weight excluding hydrogens is 266 g/mol. The third kappa shape index (κ3) is 4.14. The number of hydrogen-bond donors (Lipinski definition) is 1. The lowest BCUT2D eigenvalue weighted by atomic mass is 9.77. The van der Waals surface area contributed by atoms with Crippen LogP contribution >= 0.6 is 0 Å². The second-order valence-electron chi connectivity index (χ2n) is 5.87. The minimum Gasteiger partial charge on any atom is -0.375 e. The summed E-state index contributed by atoms with van der Waals surface area (Å²) in [6.45, 7) is 2.16. The normalized spacial score (nSPS) is 21.8. The van der Waals surface area contributed by atoms with Crippen LogP contribution in [0, 0.1) is 5.92 Å². The molecule has 0 aromatic heterocycles. The van der Waals surface area contributed by atoms with Crippen LogP contribution in [-0.4, -0.2) is 25.5 Å². The van der Waals surface area contributed by atoms with E-state index in [-0.39, 0.29) is 12.5 Å². The Bertz CT molecular complexity index is 513. The molecule has 21 heavy (non-hydrogen) atoms. The molecule has 0 bridgehead atoms. The first-order valence-corrected chi connectivity index (χ1v) is 7.54. The van der Waals surface area contributed by atoms with Crippen LogP contribution in [-0.2, 0) is 9.53 Å². The smallest absolute Gasteiger partial charge is 0.258 e. The third-order valence-electron chi connectivity index (χ3n) is 4.11. The van der Waals surface area contributed by atoms with Gasteiger partial charge in [0.2, 0.25) is 0 Å². The zero-order valence-electron chi connectivity index (χ0n) is 12.7. The van der Waals surface area contributed by atoms with Crippen molar-refractivity contribution in [3.63, 3.8) is 0 Å². The van der Waals surface area contributed by atoms with Gasteiger partial charge >= 0.3 is 0 Å². The summed E-state index contributed by atoms with van der Waals surface area (Å²) in [5.41, 5.74) is 1.67. The predicted molar refractivity (Wildman–Crippen MR) is 81.2 cm³/mol. The number of rotatable bonds is 4. The fraction of sp³-hybridized carbons (Fsp3) is 0.529. The van der Waals surface area contributed by atoms with Crippen molar-refractivity contribution in [2.45, 2.75) is 38.5 Å². The Labute approximate surface area is 125 Å². The highest BCUT2D eigenvalue weighted by atomic mass is 16.5. The van der Waals surface area contributed by atoms with Gasteiger partial charge < -0.3 is 4.74 Å². The summed E-state index contributed by atoms with van der Waals surface area (Å²) in [6, 6.07) is 7.61. The SMILES string of the molecule is COCC(=O)NC(=O)c1ccccc1C1CCCC(C)C1. The summed E-state index contributed by atoms with van der Waals surface area (Å²) in [7, 11) is 1.43. The minimum atomic E-state index is -0.408. The Morgan fingerprint density at radius 1 is 1.29 bits per heavy atom. The second-order valence-corrected chi connectivity index (χ2v) is 5.87. The first kappa shape index (κ1) is 15.7. The topological polar surface area (TPSA) is 55.4 Å². The molecule has 1 N–H and O–H groups in total. The van der Waals surface area contributed by atoms with Crippen LogP contribution in [0.15, 0.2) is 24.3 Å². The average molecular weight is 289 g/mol. The summed E-state index contributed by atoms with van der Waals surface area (Å²) >= 11 is 0. The summed E-state index contributed by atoms with van der Waals surface area (Å²) in [4.78, 5) is 23.8. The highest BCUT2D eigenvalue weighted by Crippen LogP contribution is 2.37. The van der Waals surface area contributed by atoms with Gasteiger partial charge in [0.1, 0.15) is 6.61 Å². The average Bonchev–Trinajstić information content (AvgIpc) is 2.47. The maximum atomic E-state index is 12.3. The molecule has 0 saturated heterocycles. The van der Waals surface area contributed by atoms with Crippen LogP contribution < -0.4 is 5.32 Å². The summed E-state index contributed by atoms with van der Waals surface area (Å²) in [5, 5.41) is 2.38. The number of amides is 2. The molecule has 4 heteroatoms. The maximum absolute atomic E-state index is 12.3. The fourth-order valence-corrected chi connectivity index (χ4v) is 3.14. The van der Waals surface area contributed by atoms with Crippen molar-refractivity contribution in [3.05, 3.63) is 35.4 Å². The van der Waals surface area contributed by atoms with Crippen LogP contribution in [0.1, 0.15) is 54.4 Å². The number of ether oxygens (including phenoxy) is 1. The molecule has 1 aromatic rings. The number of benzene rings is 1. The van der Waals surface area contributed by atoms with E-state index in [0.29, 0.717) is 17.4 Å². The Hall–Kier alpha value is -1.68. The Morgan fingerprint density at radius 3 is 2.76 bits per heavy atom. The van der Waals surface area contributed by atoms with E-state index in [1.54, 1.807) is 6.07 Å². The molecule has 1 aliphatic carbocycles. The van der Waals surface area contributed by atoms with Crippen molar-refractivity contribution < 1.29 is 14.3 Å². The lowest BCUT2D eigenvalue weighted by Crippen LogP contribution is -2.34. The van der Waals surface area contributed by atoms with Gasteiger partial charge in [0.15, 0.2) is 0 Å². The van der Waals surface area contributed by atoms with E-state index in [9.17, 15) is 9.59 Å². The van der Waals surface area contributed by atoms with E-state index in [0.717, 1.165) is 18.4 Å². The monoisotopic (exact) mass is 289 g/mol. The second kappa shape index (κ2) is 7.36. The zero-order chi connectivity index (χ0) is 15.2.